The van der Waals surface area contributed by atoms with E-state index in [4.69, 9.17) is 5.21 Å². The minimum atomic E-state index is -0.983. The zero-order chi connectivity index (χ0) is 20.8. The van der Waals surface area contributed by atoms with E-state index in [0.717, 1.165) is 11.3 Å². The van der Waals surface area contributed by atoms with E-state index in [2.05, 4.69) is 4.98 Å². The topological polar surface area (TPSA) is 106 Å². The molecule has 0 aliphatic heterocycles. The lowest BCUT2D eigenvalue weighted by atomic mass is 10.1. The zero-order valence-electron chi connectivity index (χ0n) is 15.4. The lowest BCUT2D eigenvalue weighted by Gasteiger charge is -2.26. The summed E-state index contributed by atoms with van der Waals surface area (Å²) in [7, 11) is 0. The van der Waals surface area contributed by atoms with Crippen molar-refractivity contribution < 1.29 is 24.6 Å². The Balaban J connectivity index is 1.98. The van der Waals surface area contributed by atoms with Crippen LogP contribution in [0, 0.1) is 5.82 Å². The zero-order valence-corrected chi connectivity index (χ0v) is 15.4. The van der Waals surface area contributed by atoms with Gasteiger partial charge in [0, 0.05) is 30.5 Å². The number of hydrogen-bond acceptors (Lipinski definition) is 6. The number of aliphatic hydroxyl groups excluding tert-OH is 1. The molecule has 3 aromatic rings. The van der Waals surface area contributed by atoms with Gasteiger partial charge in [0.15, 0.2) is 11.4 Å². The van der Waals surface area contributed by atoms with Gasteiger partial charge in [-0.05, 0) is 35.4 Å². The summed E-state index contributed by atoms with van der Waals surface area (Å²) in [5.74, 6) is -1.85. The van der Waals surface area contributed by atoms with Crippen LogP contribution in [0.2, 0.25) is 0 Å². The molecule has 2 aromatic carbocycles. The van der Waals surface area contributed by atoms with Gasteiger partial charge in [-0.25, -0.2) is 14.9 Å². The first-order valence-electron chi connectivity index (χ1n) is 8.83. The second-order valence-electron chi connectivity index (χ2n) is 6.38. The predicted octanol–water partition coefficient (Wildman–Crippen LogP) is 2.74. The number of anilines is 1. The largest absolute Gasteiger partial charge is 0.505 e. The number of aliphatic hydroxyl groups is 1. The third-order valence-corrected chi connectivity index (χ3v) is 4.49. The fourth-order valence-electron chi connectivity index (χ4n) is 3.01. The van der Waals surface area contributed by atoms with Crippen molar-refractivity contribution in [3.8, 4) is 5.75 Å². The predicted molar refractivity (Wildman–Crippen MR) is 104 cm³/mol. The maximum atomic E-state index is 13.4. The van der Waals surface area contributed by atoms with E-state index in [1.807, 2.05) is 35.2 Å². The highest BCUT2D eigenvalue weighted by Gasteiger charge is 2.20. The van der Waals surface area contributed by atoms with Crippen LogP contribution in [0.4, 0.5) is 10.1 Å². The number of carbonyl (C=O) groups is 1. The van der Waals surface area contributed by atoms with Gasteiger partial charge in [-0.2, -0.15) is 0 Å². The number of benzene rings is 2. The van der Waals surface area contributed by atoms with E-state index < -0.39 is 24.0 Å². The Morgan fingerprint density at radius 2 is 1.76 bits per heavy atom. The maximum absolute atomic E-state index is 13.4. The summed E-state index contributed by atoms with van der Waals surface area (Å²) < 4.78 is 13.4. The number of amides is 1. The molecule has 1 heterocycles. The van der Waals surface area contributed by atoms with Crippen LogP contribution in [0.3, 0.4) is 0 Å². The molecule has 0 saturated carbocycles. The maximum Gasteiger partial charge on any atom is 0.297 e. The van der Waals surface area contributed by atoms with Crippen molar-refractivity contribution in [2.45, 2.75) is 19.7 Å². The van der Waals surface area contributed by atoms with Gasteiger partial charge in [0.2, 0.25) is 0 Å². The van der Waals surface area contributed by atoms with Crippen molar-refractivity contribution in [1.82, 2.24) is 10.5 Å². The number of nitrogens with zero attached hydrogens (tertiary/aromatic N) is 2. The summed E-state index contributed by atoms with van der Waals surface area (Å²) in [6.45, 7) is 0.187. The molecule has 0 atom stereocenters. The number of rotatable bonds is 7. The number of nitrogens with one attached hydrogen (secondary N) is 1. The van der Waals surface area contributed by atoms with Gasteiger partial charge >= 0.3 is 0 Å². The van der Waals surface area contributed by atoms with Crippen molar-refractivity contribution in [2.75, 3.05) is 4.90 Å². The summed E-state index contributed by atoms with van der Waals surface area (Å²) in [6, 6.07) is 15.6. The summed E-state index contributed by atoms with van der Waals surface area (Å²) >= 11 is 0. The molecule has 0 fully saturated rings. The third-order valence-electron chi connectivity index (χ3n) is 4.49. The van der Waals surface area contributed by atoms with Gasteiger partial charge < -0.3 is 15.1 Å². The number of aromatic nitrogens is 1. The lowest BCUT2D eigenvalue weighted by Crippen LogP contribution is -2.24. The van der Waals surface area contributed by atoms with Crippen LogP contribution in [0.1, 0.15) is 27.2 Å². The van der Waals surface area contributed by atoms with E-state index in [9.17, 15) is 19.4 Å². The van der Waals surface area contributed by atoms with Crippen molar-refractivity contribution in [3.05, 3.63) is 89.0 Å². The Hall–Kier alpha value is -3.49. The fourth-order valence-corrected chi connectivity index (χ4v) is 3.01. The molecule has 150 valence electrons. The molecule has 0 bridgehead atoms. The standard InChI is InChI=1S/C21H20FN3O4/c22-16-6-8-17(9-7-16)25(11-14-4-2-1-3-5-14)12-15-10-23-19(21(28)24-29)20(27)18(15)13-26/h1-10,26-27,29H,11-13H2,(H,24,28). The van der Waals surface area contributed by atoms with Crippen molar-refractivity contribution in [1.29, 1.82) is 0 Å². The number of aromatic hydroxyl groups is 1. The van der Waals surface area contributed by atoms with Gasteiger partial charge in [-0.1, -0.05) is 30.3 Å². The molecule has 0 aliphatic rings. The summed E-state index contributed by atoms with van der Waals surface area (Å²) in [4.78, 5) is 17.5. The van der Waals surface area contributed by atoms with E-state index >= 15 is 0 Å². The van der Waals surface area contributed by atoms with E-state index in [0.29, 0.717) is 12.1 Å². The number of hydrogen-bond donors (Lipinski definition) is 4. The normalized spacial score (nSPS) is 10.6. The van der Waals surface area contributed by atoms with Crippen LogP contribution in [0.15, 0.2) is 60.8 Å². The fraction of sp³-hybridized carbons (Fsp3) is 0.143. The molecule has 7 nitrogen and oxygen atoms in total. The molecule has 0 radical (unpaired) electrons. The first-order valence-corrected chi connectivity index (χ1v) is 8.83. The highest BCUT2D eigenvalue weighted by atomic mass is 19.1. The lowest BCUT2D eigenvalue weighted by molar-refractivity contribution is 0.0697. The summed E-state index contributed by atoms with van der Waals surface area (Å²) in [5.41, 5.74) is 3.37. The monoisotopic (exact) mass is 397 g/mol. The summed E-state index contributed by atoms with van der Waals surface area (Å²) in [5, 5.41) is 28.8. The van der Waals surface area contributed by atoms with Gasteiger partial charge in [-0.15, -0.1) is 0 Å². The van der Waals surface area contributed by atoms with Gasteiger partial charge in [-0.3, -0.25) is 10.0 Å². The van der Waals surface area contributed by atoms with Crippen LogP contribution in [0.5, 0.6) is 5.75 Å². The minimum absolute atomic E-state index is 0.124. The molecule has 0 aliphatic carbocycles. The van der Waals surface area contributed by atoms with Gasteiger partial charge in [0.25, 0.3) is 5.91 Å². The molecule has 29 heavy (non-hydrogen) atoms. The highest BCUT2D eigenvalue weighted by Crippen LogP contribution is 2.28. The Morgan fingerprint density at radius 3 is 2.38 bits per heavy atom. The summed E-state index contributed by atoms with van der Waals surface area (Å²) in [6.07, 6.45) is 1.36. The first kappa shape index (κ1) is 20.2. The van der Waals surface area contributed by atoms with Crippen LogP contribution in [-0.2, 0) is 19.7 Å². The number of hydroxylamine groups is 1. The second-order valence-corrected chi connectivity index (χ2v) is 6.38. The van der Waals surface area contributed by atoms with Crippen LogP contribution >= 0.6 is 0 Å². The molecular weight excluding hydrogens is 377 g/mol. The quantitative estimate of drug-likeness (QED) is 0.361. The number of pyridine rings is 1. The minimum Gasteiger partial charge on any atom is -0.505 e. The number of halogens is 1. The molecule has 4 N–H and O–H groups in total. The Kier molecular flexibility index (Phi) is 6.38. The van der Waals surface area contributed by atoms with Crippen LogP contribution in [-0.4, -0.2) is 26.3 Å². The van der Waals surface area contributed by atoms with Crippen LogP contribution in [0.25, 0.3) is 0 Å². The van der Waals surface area contributed by atoms with Crippen molar-refractivity contribution in [2.24, 2.45) is 0 Å². The first-order chi connectivity index (χ1) is 14.0. The third kappa shape index (κ3) is 4.68. The second kappa shape index (κ2) is 9.13. The smallest absolute Gasteiger partial charge is 0.297 e. The Bertz CT molecular complexity index is 981. The molecule has 8 heteroatoms. The Labute approximate surface area is 166 Å². The van der Waals surface area contributed by atoms with E-state index in [1.165, 1.54) is 23.8 Å². The van der Waals surface area contributed by atoms with Gasteiger partial charge in [0.05, 0.1) is 6.61 Å². The highest BCUT2D eigenvalue weighted by molar-refractivity contribution is 5.94. The molecule has 1 amide bonds. The van der Waals surface area contributed by atoms with E-state index in [-0.39, 0.29) is 17.9 Å². The van der Waals surface area contributed by atoms with Crippen LogP contribution < -0.4 is 10.4 Å². The average Bonchev–Trinajstić information content (AvgIpc) is 2.74. The average molecular weight is 397 g/mol. The molecule has 0 spiro atoms. The molecule has 0 unspecified atom stereocenters. The molecular formula is C21H20FN3O4. The van der Waals surface area contributed by atoms with Crippen molar-refractivity contribution >= 4 is 11.6 Å². The van der Waals surface area contributed by atoms with Crippen molar-refractivity contribution in [3.63, 3.8) is 0 Å². The molecule has 0 saturated heterocycles. The number of carbonyl (C=O) groups excluding carboxylic acids is 1. The van der Waals surface area contributed by atoms with Gasteiger partial charge in [0.1, 0.15) is 5.82 Å². The van der Waals surface area contributed by atoms with E-state index in [1.54, 1.807) is 12.1 Å². The molecule has 3 rings (SSSR count). The Morgan fingerprint density at radius 1 is 1.07 bits per heavy atom. The SMILES string of the molecule is O=C(NO)c1ncc(CN(Cc2ccccc2)c2ccc(F)cc2)c(CO)c1O. The molecule has 1 aromatic heterocycles.